The van der Waals surface area contributed by atoms with E-state index in [-0.39, 0.29) is 0 Å². The van der Waals surface area contributed by atoms with Crippen molar-refractivity contribution in [3.63, 3.8) is 0 Å². The number of carbonyl (C=O) groups is 1. The van der Waals surface area contributed by atoms with Gasteiger partial charge in [-0.15, -0.1) is 0 Å². The maximum absolute atomic E-state index is 11.3. The molecule has 0 aromatic rings. The van der Waals surface area contributed by atoms with Crippen molar-refractivity contribution < 1.29 is 14.6 Å². The Labute approximate surface area is 130 Å². The molecule has 0 radical (unpaired) electrons. The Bertz CT molecular complexity index is 271. The number of fused-ring (bicyclic) bond motifs is 1. The normalized spacial score (nSPS) is 28.6. The highest BCUT2D eigenvalue weighted by Gasteiger charge is 2.33. The number of halogens is 1. The van der Waals surface area contributed by atoms with E-state index in [1.807, 2.05) is 4.93 Å². The van der Waals surface area contributed by atoms with Gasteiger partial charge in [-0.3, -0.25) is 4.90 Å². The number of rotatable bonds is 3. The molecule has 2 aliphatic heterocycles. The first kappa shape index (κ1) is 17.2. The summed E-state index contributed by atoms with van der Waals surface area (Å²) in [5.74, 6) is -0.0234. The summed E-state index contributed by atoms with van der Waals surface area (Å²) in [6.45, 7) is 4.33. The third-order valence-corrected chi connectivity index (χ3v) is 4.01. The topological polar surface area (TPSA) is 49.8 Å². The maximum atomic E-state index is 11.3. The van der Waals surface area contributed by atoms with Crippen LogP contribution in [0.3, 0.4) is 0 Å². The van der Waals surface area contributed by atoms with Crippen LogP contribution in [0, 0.1) is 5.92 Å². The van der Waals surface area contributed by atoms with Gasteiger partial charge in [0.1, 0.15) is 6.10 Å². The molecule has 2 saturated heterocycles. The lowest BCUT2D eigenvalue weighted by atomic mass is 9.84. The van der Waals surface area contributed by atoms with Crippen LogP contribution in [0.15, 0.2) is 0 Å². The van der Waals surface area contributed by atoms with Gasteiger partial charge in [0.25, 0.3) is 0 Å². The van der Waals surface area contributed by atoms with Crippen molar-refractivity contribution in [2.75, 3.05) is 24.6 Å². The van der Waals surface area contributed by atoms with Crippen LogP contribution in [-0.2, 0) is 9.53 Å². The molecular formula is C14H26INO3. The first-order valence-corrected chi connectivity index (χ1v) is 9.31. The summed E-state index contributed by atoms with van der Waals surface area (Å²) in [6, 6.07) is 0.597. The Morgan fingerprint density at radius 2 is 2.00 bits per heavy atom. The first-order valence-electron chi connectivity index (χ1n) is 7.15. The van der Waals surface area contributed by atoms with E-state index in [1.165, 1.54) is 45.7 Å². The number of aliphatic hydroxyl groups is 1. The zero-order chi connectivity index (χ0) is 14.3. The lowest BCUT2D eigenvalue weighted by molar-refractivity contribution is -0.155. The van der Waals surface area contributed by atoms with E-state index in [0.29, 0.717) is 18.6 Å². The SMILES string of the molecule is CC(O)C(=O)OCC1CCCN2CCCCC12.CI. The van der Waals surface area contributed by atoms with Gasteiger partial charge >= 0.3 is 5.97 Å². The fraction of sp³-hybridized carbons (Fsp3) is 0.929. The smallest absolute Gasteiger partial charge is 0.334 e. The van der Waals surface area contributed by atoms with E-state index in [1.54, 1.807) is 0 Å². The monoisotopic (exact) mass is 383 g/mol. The largest absolute Gasteiger partial charge is 0.463 e. The molecule has 5 heteroatoms. The molecule has 2 heterocycles. The zero-order valence-corrected chi connectivity index (χ0v) is 14.1. The van der Waals surface area contributed by atoms with E-state index in [0.717, 1.165) is 6.42 Å². The van der Waals surface area contributed by atoms with Gasteiger partial charge in [0.15, 0.2) is 0 Å². The highest BCUT2D eigenvalue weighted by atomic mass is 127. The minimum atomic E-state index is -0.999. The molecule has 0 bridgehead atoms. The van der Waals surface area contributed by atoms with Gasteiger partial charge < -0.3 is 9.84 Å². The van der Waals surface area contributed by atoms with Crippen molar-refractivity contribution in [3.05, 3.63) is 0 Å². The predicted molar refractivity (Wildman–Crippen MR) is 84.5 cm³/mol. The summed E-state index contributed by atoms with van der Waals surface area (Å²) in [4.78, 5) is 15.8. The predicted octanol–water partition coefficient (Wildman–Crippen LogP) is 2.23. The van der Waals surface area contributed by atoms with Crippen LogP contribution >= 0.6 is 22.6 Å². The van der Waals surface area contributed by atoms with Crippen LogP contribution < -0.4 is 0 Å². The van der Waals surface area contributed by atoms with Gasteiger partial charge in [-0.25, -0.2) is 4.79 Å². The number of alkyl halides is 1. The van der Waals surface area contributed by atoms with Crippen LogP contribution in [0.1, 0.15) is 39.0 Å². The lowest BCUT2D eigenvalue weighted by Crippen LogP contribution is -2.49. The van der Waals surface area contributed by atoms with Gasteiger partial charge in [-0.1, -0.05) is 29.0 Å². The number of esters is 1. The molecule has 0 aromatic heterocycles. The number of aliphatic hydroxyl groups excluding tert-OH is 1. The molecule has 112 valence electrons. The zero-order valence-electron chi connectivity index (χ0n) is 12.0. The Balaban J connectivity index is 0.000000861. The number of hydrogen-bond donors (Lipinski definition) is 1. The molecule has 3 unspecified atom stereocenters. The molecule has 1 N–H and O–H groups in total. The number of ether oxygens (including phenoxy) is 1. The molecule has 2 aliphatic rings. The van der Waals surface area contributed by atoms with Crippen molar-refractivity contribution in [1.29, 1.82) is 0 Å². The Kier molecular flexibility index (Phi) is 8.25. The van der Waals surface area contributed by atoms with E-state index < -0.39 is 12.1 Å². The second-order valence-electron chi connectivity index (χ2n) is 5.31. The minimum absolute atomic E-state index is 0.465. The molecule has 0 saturated carbocycles. The van der Waals surface area contributed by atoms with E-state index in [9.17, 15) is 4.79 Å². The van der Waals surface area contributed by atoms with Gasteiger partial charge in [0, 0.05) is 12.0 Å². The molecule has 0 amide bonds. The molecule has 2 rings (SSSR count). The summed E-state index contributed by atoms with van der Waals surface area (Å²) < 4.78 is 5.18. The summed E-state index contributed by atoms with van der Waals surface area (Å²) in [6.07, 6.45) is 5.18. The number of nitrogens with zero attached hydrogens (tertiary/aromatic N) is 1. The van der Waals surface area contributed by atoms with Crippen LogP contribution in [0.5, 0.6) is 0 Å². The van der Waals surface area contributed by atoms with Crippen molar-refractivity contribution in [1.82, 2.24) is 4.90 Å². The van der Waals surface area contributed by atoms with Crippen LogP contribution in [-0.4, -0.2) is 52.7 Å². The molecule has 0 aromatic carbocycles. The third-order valence-electron chi connectivity index (χ3n) is 4.01. The van der Waals surface area contributed by atoms with E-state index >= 15 is 0 Å². The average Bonchev–Trinajstić information content (AvgIpc) is 2.46. The lowest BCUT2D eigenvalue weighted by Gasteiger charge is -2.44. The standard InChI is InChI=1S/C13H23NO3.CH3I/c1-10(15)13(16)17-9-11-5-4-8-14-7-3-2-6-12(11)14;1-2/h10-12,15H,2-9H2,1H3;1H3. The molecule has 19 heavy (non-hydrogen) atoms. The van der Waals surface area contributed by atoms with Crippen LogP contribution in [0.25, 0.3) is 0 Å². The summed E-state index contributed by atoms with van der Waals surface area (Å²) in [7, 11) is 0. The molecule has 2 fully saturated rings. The number of carbonyl (C=O) groups excluding carboxylic acids is 1. The van der Waals surface area contributed by atoms with E-state index in [2.05, 4.69) is 27.5 Å². The second-order valence-corrected chi connectivity index (χ2v) is 5.31. The Hall–Kier alpha value is 0.120. The first-order chi connectivity index (χ1) is 9.18. The van der Waals surface area contributed by atoms with Crippen molar-refractivity contribution in [3.8, 4) is 0 Å². The number of hydrogen-bond acceptors (Lipinski definition) is 4. The van der Waals surface area contributed by atoms with Crippen molar-refractivity contribution >= 4 is 28.6 Å². The molecule has 0 spiro atoms. The molecule has 4 nitrogen and oxygen atoms in total. The Morgan fingerprint density at radius 1 is 1.32 bits per heavy atom. The van der Waals surface area contributed by atoms with Gasteiger partial charge in [0.2, 0.25) is 0 Å². The third kappa shape index (κ3) is 5.19. The molecule has 0 aliphatic carbocycles. The van der Waals surface area contributed by atoms with E-state index in [4.69, 9.17) is 9.84 Å². The average molecular weight is 383 g/mol. The van der Waals surface area contributed by atoms with Gasteiger partial charge in [0.05, 0.1) is 6.61 Å². The van der Waals surface area contributed by atoms with Crippen LogP contribution in [0.4, 0.5) is 0 Å². The number of piperidine rings is 2. The highest BCUT2D eigenvalue weighted by molar-refractivity contribution is 14.1. The maximum Gasteiger partial charge on any atom is 0.334 e. The molecule has 3 atom stereocenters. The minimum Gasteiger partial charge on any atom is -0.463 e. The fourth-order valence-corrected chi connectivity index (χ4v) is 3.08. The summed E-state index contributed by atoms with van der Waals surface area (Å²) in [5, 5.41) is 9.10. The highest BCUT2D eigenvalue weighted by Crippen LogP contribution is 2.30. The van der Waals surface area contributed by atoms with Gasteiger partial charge in [-0.05, 0) is 50.6 Å². The van der Waals surface area contributed by atoms with Crippen molar-refractivity contribution in [2.45, 2.75) is 51.2 Å². The van der Waals surface area contributed by atoms with Gasteiger partial charge in [-0.2, -0.15) is 0 Å². The molecular weight excluding hydrogens is 357 g/mol. The quantitative estimate of drug-likeness (QED) is 0.461. The fourth-order valence-electron chi connectivity index (χ4n) is 3.08. The van der Waals surface area contributed by atoms with Crippen molar-refractivity contribution in [2.24, 2.45) is 5.92 Å². The Morgan fingerprint density at radius 3 is 2.68 bits per heavy atom. The summed E-state index contributed by atoms with van der Waals surface area (Å²) in [5.41, 5.74) is 0. The summed E-state index contributed by atoms with van der Waals surface area (Å²) >= 11 is 2.15. The van der Waals surface area contributed by atoms with Crippen LogP contribution in [0.2, 0.25) is 0 Å². The second kappa shape index (κ2) is 9.13.